The molecule has 0 amide bonds. The molecule has 5 unspecified atom stereocenters. The van der Waals surface area contributed by atoms with Crippen LogP contribution in [0.3, 0.4) is 0 Å². The van der Waals surface area contributed by atoms with E-state index < -0.39 is 0 Å². The third kappa shape index (κ3) is 3.50. The third-order valence-corrected chi connectivity index (χ3v) is 11.2. The van der Waals surface area contributed by atoms with Gasteiger partial charge in [-0.3, -0.25) is 0 Å². The number of aliphatic hydroxyl groups excluding tert-OH is 1. The minimum atomic E-state index is -0.00688. The summed E-state index contributed by atoms with van der Waals surface area (Å²) in [6.45, 7) is 12.6. The first-order valence-corrected chi connectivity index (χ1v) is 12.9. The Balaban J connectivity index is 1.42. The van der Waals surface area contributed by atoms with Gasteiger partial charge in [0.05, 0.1) is 6.10 Å². The summed E-state index contributed by atoms with van der Waals surface area (Å²) in [4.78, 5) is 0. The van der Waals surface area contributed by atoms with Crippen molar-refractivity contribution in [1.29, 1.82) is 0 Å². The fraction of sp³-hybridized carbons (Fsp3) is 1.00. The van der Waals surface area contributed by atoms with E-state index in [0.717, 1.165) is 54.3 Å². The normalized spacial score (nSPS) is 49.4. The van der Waals surface area contributed by atoms with Crippen molar-refractivity contribution in [3.8, 4) is 0 Å². The van der Waals surface area contributed by atoms with Crippen LogP contribution in [0.2, 0.25) is 0 Å². The van der Waals surface area contributed by atoms with Crippen molar-refractivity contribution in [1.82, 2.24) is 0 Å². The van der Waals surface area contributed by atoms with Crippen molar-refractivity contribution in [2.24, 2.45) is 52.3 Å². The van der Waals surface area contributed by atoms with E-state index in [1.54, 1.807) is 0 Å². The van der Waals surface area contributed by atoms with Gasteiger partial charge in [0.15, 0.2) is 0 Å². The predicted molar refractivity (Wildman–Crippen MR) is 119 cm³/mol. The molecule has 9 atom stereocenters. The third-order valence-electron chi connectivity index (χ3n) is 11.2. The molecule has 0 spiro atoms. The van der Waals surface area contributed by atoms with Crippen LogP contribution >= 0.6 is 0 Å². The van der Waals surface area contributed by atoms with Crippen LogP contribution in [0, 0.1) is 52.3 Å². The molecule has 0 aromatic rings. The lowest BCUT2D eigenvalue weighted by Gasteiger charge is -2.61. The first-order chi connectivity index (χ1) is 13.3. The lowest BCUT2D eigenvalue weighted by atomic mass is 9.44. The van der Waals surface area contributed by atoms with Gasteiger partial charge in [-0.2, -0.15) is 0 Å². The molecule has 1 nitrogen and oxygen atoms in total. The summed E-state index contributed by atoms with van der Waals surface area (Å²) in [7, 11) is 0. The van der Waals surface area contributed by atoms with Gasteiger partial charge in [-0.25, -0.2) is 0 Å². The standard InChI is InChI=1S/C27H48O/c1-18(2)19(3)7-6-8-20-10-12-24-23-11-9-21-17-22(28)13-15-27(21,5)25(23)14-16-26(20,24)4/h18-25,28H,6-17H2,1-5H3/t19-,20?,21?,22+,23?,24?,25?,26-,27+/m1/s1. The van der Waals surface area contributed by atoms with Crippen LogP contribution < -0.4 is 0 Å². The maximum atomic E-state index is 10.2. The highest BCUT2D eigenvalue weighted by molar-refractivity contribution is 5.09. The van der Waals surface area contributed by atoms with Crippen LogP contribution in [0.1, 0.15) is 112 Å². The zero-order valence-electron chi connectivity index (χ0n) is 19.6. The highest BCUT2D eigenvalue weighted by atomic mass is 16.3. The molecule has 162 valence electrons. The van der Waals surface area contributed by atoms with Gasteiger partial charge in [0, 0.05) is 0 Å². The van der Waals surface area contributed by atoms with Gasteiger partial charge in [-0.1, -0.05) is 47.5 Å². The second kappa shape index (κ2) is 7.90. The van der Waals surface area contributed by atoms with E-state index in [9.17, 15) is 5.11 Å². The molecule has 28 heavy (non-hydrogen) atoms. The van der Waals surface area contributed by atoms with Crippen LogP contribution in [0.4, 0.5) is 0 Å². The highest BCUT2D eigenvalue weighted by Crippen LogP contribution is 2.67. The molecule has 1 heteroatoms. The summed E-state index contributed by atoms with van der Waals surface area (Å²) in [5, 5.41) is 10.2. The fourth-order valence-corrected chi connectivity index (χ4v) is 8.84. The summed E-state index contributed by atoms with van der Waals surface area (Å²) in [6.07, 6.45) is 16.7. The zero-order chi connectivity index (χ0) is 20.1. The second-order valence-corrected chi connectivity index (χ2v) is 12.6. The lowest BCUT2D eigenvalue weighted by molar-refractivity contribution is -0.127. The Morgan fingerprint density at radius 3 is 2.32 bits per heavy atom. The van der Waals surface area contributed by atoms with E-state index in [2.05, 4.69) is 34.6 Å². The number of aliphatic hydroxyl groups is 1. The Morgan fingerprint density at radius 1 is 0.857 bits per heavy atom. The monoisotopic (exact) mass is 388 g/mol. The van der Waals surface area contributed by atoms with Gasteiger partial charge in [0.2, 0.25) is 0 Å². The molecule has 0 aromatic carbocycles. The Morgan fingerprint density at radius 2 is 1.57 bits per heavy atom. The Labute approximate surface area is 175 Å². The number of hydrogen-bond acceptors (Lipinski definition) is 1. The van der Waals surface area contributed by atoms with E-state index in [0.29, 0.717) is 10.8 Å². The smallest absolute Gasteiger partial charge is 0.0543 e. The number of fused-ring (bicyclic) bond motifs is 5. The maximum Gasteiger partial charge on any atom is 0.0543 e. The Hall–Kier alpha value is -0.0400. The first-order valence-electron chi connectivity index (χ1n) is 12.9. The van der Waals surface area contributed by atoms with E-state index in [4.69, 9.17) is 0 Å². The second-order valence-electron chi connectivity index (χ2n) is 12.6. The average molecular weight is 389 g/mol. The van der Waals surface area contributed by atoms with Crippen LogP contribution in [0.5, 0.6) is 0 Å². The summed E-state index contributed by atoms with van der Waals surface area (Å²) in [5.74, 6) is 6.48. The van der Waals surface area contributed by atoms with Gasteiger partial charge < -0.3 is 5.11 Å². The van der Waals surface area contributed by atoms with Crippen molar-refractivity contribution in [3.05, 3.63) is 0 Å². The van der Waals surface area contributed by atoms with Crippen molar-refractivity contribution in [2.45, 2.75) is 118 Å². The molecule has 1 N–H and O–H groups in total. The van der Waals surface area contributed by atoms with Gasteiger partial charge in [-0.15, -0.1) is 0 Å². The van der Waals surface area contributed by atoms with Crippen molar-refractivity contribution < 1.29 is 5.11 Å². The first kappa shape index (κ1) is 21.2. The molecule has 4 aliphatic rings. The predicted octanol–water partition coefficient (Wildman–Crippen LogP) is 7.47. The van der Waals surface area contributed by atoms with Crippen LogP contribution in [0.15, 0.2) is 0 Å². The summed E-state index contributed by atoms with van der Waals surface area (Å²) >= 11 is 0. The van der Waals surface area contributed by atoms with Crippen LogP contribution in [0.25, 0.3) is 0 Å². The molecule has 4 fully saturated rings. The van der Waals surface area contributed by atoms with Gasteiger partial charge >= 0.3 is 0 Å². The molecule has 0 heterocycles. The molecular weight excluding hydrogens is 340 g/mol. The molecule has 0 aromatic heterocycles. The van der Waals surface area contributed by atoms with Crippen molar-refractivity contribution >= 4 is 0 Å². The number of hydrogen-bond donors (Lipinski definition) is 1. The van der Waals surface area contributed by atoms with E-state index in [1.807, 2.05) is 0 Å². The lowest BCUT2D eigenvalue weighted by Crippen LogP contribution is -2.53. The maximum absolute atomic E-state index is 10.2. The topological polar surface area (TPSA) is 20.2 Å². The van der Waals surface area contributed by atoms with Gasteiger partial charge in [0.1, 0.15) is 0 Å². The van der Waals surface area contributed by atoms with E-state index in [1.165, 1.54) is 64.2 Å². The summed E-state index contributed by atoms with van der Waals surface area (Å²) in [5.41, 5.74) is 1.17. The Bertz CT molecular complexity index is 540. The van der Waals surface area contributed by atoms with E-state index in [-0.39, 0.29) is 6.10 Å². The molecule has 0 saturated heterocycles. The molecule has 4 aliphatic carbocycles. The minimum Gasteiger partial charge on any atom is -0.393 e. The van der Waals surface area contributed by atoms with Crippen LogP contribution in [-0.4, -0.2) is 11.2 Å². The van der Waals surface area contributed by atoms with Gasteiger partial charge in [0.25, 0.3) is 0 Å². The fourth-order valence-electron chi connectivity index (χ4n) is 8.84. The van der Waals surface area contributed by atoms with Crippen molar-refractivity contribution in [2.75, 3.05) is 0 Å². The molecule has 0 radical (unpaired) electrons. The Kier molecular flexibility index (Phi) is 5.98. The molecular formula is C27H48O. The van der Waals surface area contributed by atoms with Crippen molar-refractivity contribution in [3.63, 3.8) is 0 Å². The zero-order valence-corrected chi connectivity index (χ0v) is 19.6. The molecule has 4 saturated carbocycles. The van der Waals surface area contributed by atoms with E-state index >= 15 is 0 Å². The minimum absolute atomic E-state index is 0.00688. The molecule has 4 rings (SSSR count). The molecule has 0 aliphatic heterocycles. The number of rotatable bonds is 5. The van der Waals surface area contributed by atoms with Gasteiger partial charge in [-0.05, 0) is 116 Å². The summed E-state index contributed by atoms with van der Waals surface area (Å²) < 4.78 is 0. The molecule has 0 bridgehead atoms. The van der Waals surface area contributed by atoms with Crippen LogP contribution in [-0.2, 0) is 0 Å². The average Bonchev–Trinajstić information content (AvgIpc) is 2.99. The quantitative estimate of drug-likeness (QED) is 0.518. The largest absolute Gasteiger partial charge is 0.393 e. The summed E-state index contributed by atoms with van der Waals surface area (Å²) in [6, 6.07) is 0. The SMILES string of the molecule is CC(C)[C@H](C)CCCC1CCC2C3CCC4C[C@@H](O)CC[C@]4(C)C3CC[C@]12C. The highest BCUT2D eigenvalue weighted by Gasteiger charge is 2.59.